The Kier molecular flexibility index (Phi) is 7.78. The molecule has 1 aliphatic rings. The Morgan fingerprint density at radius 1 is 1.17 bits per heavy atom. The smallest absolute Gasteiger partial charge is 0.254 e. The second-order valence-electron chi connectivity index (χ2n) is 7.70. The van der Waals surface area contributed by atoms with Crippen LogP contribution < -0.4 is 4.74 Å². The summed E-state index contributed by atoms with van der Waals surface area (Å²) in [5, 5.41) is 0.587. The van der Waals surface area contributed by atoms with Crippen molar-refractivity contribution in [2.24, 2.45) is 0 Å². The van der Waals surface area contributed by atoms with Crippen LogP contribution in [0.2, 0.25) is 5.02 Å². The van der Waals surface area contributed by atoms with Crippen molar-refractivity contribution in [2.75, 3.05) is 18.1 Å². The molecule has 0 saturated carbocycles. The summed E-state index contributed by atoms with van der Waals surface area (Å²) in [5.41, 5.74) is 1.39. The van der Waals surface area contributed by atoms with Crippen molar-refractivity contribution < 1.29 is 17.9 Å². The zero-order valence-electron chi connectivity index (χ0n) is 17.2. The van der Waals surface area contributed by atoms with E-state index in [9.17, 15) is 13.2 Å². The molecule has 0 unspecified atom stereocenters. The third-order valence-corrected chi connectivity index (χ3v) is 7.26. The number of ether oxygens (including phenoxy) is 1. The van der Waals surface area contributed by atoms with E-state index in [-0.39, 0.29) is 23.5 Å². The van der Waals surface area contributed by atoms with E-state index in [0.717, 1.165) is 30.6 Å². The second-order valence-corrected chi connectivity index (χ2v) is 10.4. The number of unbranched alkanes of at least 4 members (excludes halogenated alkanes) is 2. The average molecular weight is 450 g/mol. The lowest BCUT2D eigenvalue weighted by Crippen LogP contribution is -2.40. The van der Waals surface area contributed by atoms with Gasteiger partial charge in [-0.15, -0.1) is 0 Å². The van der Waals surface area contributed by atoms with Gasteiger partial charge in [0.15, 0.2) is 9.84 Å². The van der Waals surface area contributed by atoms with E-state index < -0.39 is 9.84 Å². The van der Waals surface area contributed by atoms with E-state index in [2.05, 4.69) is 6.92 Å². The molecule has 30 heavy (non-hydrogen) atoms. The van der Waals surface area contributed by atoms with Crippen LogP contribution in [0.5, 0.6) is 5.75 Å². The van der Waals surface area contributed by atoms with Crippen LogP contribution in [0.1, 0.15) is 48.5 Å². The number of sulfone groups is 1. The molecule has 1 amide bonds. The van der Waals surface area contributed by atoms with Crippen LogP contribution in [-0.2, 0) is 16.4 Å². The largest absolute Gasteiger partial charge is 0.494 e. The number of halogens is 1. The molecular weight excluding hydrogens is 422 g/mol. The van der Waals surface area contributed by atoms with Crippen molar-refractivity contribution in [3.05, 3.63) is 64.7 Å². The van der Waals surface area contributed by atoms with Crippen molar-refractivity contribution in [2.45, 2.75) is 45.2 Å². The van der Waals surface area contributed by atoms with Gasteiger partial charge in [-0.25, -0.2) is 8.42 Å². The monoisotopic (exact) mass is 449 g/mol. The summed E-state index contributed by atoms with van der Waals surface area (Å²) in [4.78, 5) is 15.0. The second kappa shape index (κ2) is 10.3. The van der Waals surface area contributed by atoms with Gasteiger partial charge in [-0.2, -0.15) is 0 Å². The first kappa shape index (κ1) is 22.6. The lowest BCUT2D eigenvalue weighted by Gasteiger charge is -2.28. The summed E-state index contributed by atoms with van der Waals surface area (Å²) < 4.78 is 29.8. The fourth-order valence-corrected chi connectivity index (χ4v) is 5.57. The zero-order valence-corrected chi connectivity index (χ0v) is 18.8. The molecule has 7 heteroatoms. The van der Waals surface area contributed by atoms with Crippen molar-refractivity contribution >= 4 is 27.3 Å². The van der Waals surface area contributed by atoms with Crippen LogP contribution >= 0.6 is 11.6 Å². The number of carbonyl (C=O) groups is 1. The van der Waals surface area contributed by atoms with Crippen LogP contribution in [-0.4, -0.2) is 43.4 Å². The van der Waals surface area contributed by atoms with Gasteiger partial charge in [-0.3, -0.25) is 4.79 Å². The maximum atomic E-state index is 13.3. The molecule has 2 aromatic carbocycles. The predicted octanol–water partition coefficient (Wildman–Crippen LogP) is 4.74. The van der Waals surface area contributed by atoms with Gasteiger partial charge in [0.25, 0.3) is 5.91 Å². The Balaban J connectivity index is 1.76. The van der Waals surface area contributed by atoms with E-state index >= 15 is 0 Å². The number of hydrogen-bond donors (Lipinski definition) is 0. The summed E-state index contributed by atoms with van der Waals surface area (Å²) in [6.07, 6.45) is 3.71. The number of carbonyl (C=O) groups excluding carboxylic acids is 1. The molecular formula is C23H28ClNO4S. The highest BCUT2D eigenvalue weighted by Crippen LogP contribution is 2.24. The highest BCUT2D eigenvalue weighted by Gasteiger charge is 2.35. The first-order chi connectivity index (χ1) is 14.4. The van der Waals surface area contributed by atoms with E-state index in [1.165, 1.54) is 0 Å². The normalized spacial score (nSPS) is 17.6. The standard InChI is InChI=1S/C23H28ClNO4S/c1-2-3-4-13-29-22-10-8-19(9-11-22)23(26)25(21-12-14-30(27,28)17-21)16-18-6-5-7-20(24)15-18/h5-11,15,21H,2-4,12-14,16-17H2,1H3/t21-/m0/s1. The molecule has 3 rings (SSSR count). The quantitative estimate of drug-likeness (QED) is 0.519. The zero-order chi connectivity index (χ0) is 21.6. The van der Waals surface area contributed by atoms with Crippen LogP contribution in [0.3, 0.4) is 0 Å². The van der Waals surface area contributed by atoms with Gasteiger partial charge in [-0.05, 0) is 54.8 Å². The molecule has 1 aliphatic heterocycles. The average Bonchev–Trinajstić information content (AvgIpc) is 3.09. The minimum absolute atomic E-state index is 0.00205. The number of benzene rings is 2. The molecule has 0 radical (unpaired) electrons. The van der Waals surface area contributed by atoms with Crippen molar-refractivity contribution in [3.8, 4) is 5.75 Å². The minimum Gasteiger partial charge on any atom is -0.494 e. The van der Waals surface area contributed by atoms with Gasteiger partial charge >= 0.3 is 0 Å². The number of amides is 1. The lowest BCUT2D eigenvalue weighted by molar-refractivity contribution is 0.0681. The molecule has 0 aliphatic carbocycles. The molecule has 0 bridgehead atoms. The van der Waals surface area contributed by atoms with E-state index in [1.54, 1.807) is 41.3 Å². The highest BCUT2D eigenvalue weighted by molar-refractivity contribution is 7.91. The number of hydrogen-bond acceptors (Lipinski definition) is 4. The molecule has 0 aromatic heterocycles. The van der Waals surface area contributed by atoms with Crippen LogP contribution in [0.25, 0.3) is 0 Å². The molecule has 1 saturated heterocycles. The van der Waals surface area contributed by atoms with Crippen LogP contribution in [0, 0.1) is 0 Å². The van der Waals surface area contributed by atoms with Crippen LogP contribution in [0.15, 0.2) is 48.5 Å². The first-order valence-corrected chi connectivity index (χ1v) is 12.6. The Morgan fingerprint density at radius 2 is 1.93 bits per heavy atom. The summed E-state index contributed by atoms with van der Waals surface area (Å²) in [6, 6.07) is 14.0. The maximum absolute atomic E-state index is 13.3. The van der Waals surface area contributed by atoms with Gasteiger partial charge in [0.2, 0.25) is 0 Å². The van der Waals surface area contributed by atoms with E-state index in [4.69, 9.17) is 16.3 Å². The summed E-state index contributed by atoms with van der Waals surface area (Å²) in [6.45, 7) is 3.11. The van der Waals surface area contributed by atoms with Crippen molar-refractivity contribution in [1.82, 2.24) is 4.90 Å². The van der Waals surface area contributed by atoms with Gasteiger partial charge in [0.1, 0.15) is 5.75 Å². The van der Waals surface area contributed by atoms with Gasteiger partial charge < -0.3 is 9.64 Å². The maximum Gasteiger partial charge on any atom is 0.254 e. The topological polar surface area (TPSA) is 63.7 Å². The van der Waals surface area contributed by atoms with Gasteiger partial charge in [0.05, 0.1) is 18.1 Å². The molecule has 0 N–H and O–H groups in total. The Hall–Kier alpha value is -2.05. The van der Waals surface area contributed by atoms with Crippen molar-refractivity contribution in [3.63, 3.8) is 0 Å². The minimum atomic E-state index is -3.12. The Morgan fingerprint density at radius 3 is 2.57 bits per heavy atom. The van der Waals surface area contributed by atoms with Gasteiger partial charge in [-0.1, -0.05) is 43.5 Å². The third-order valence-electron chi connectivity index (χ3n) is 5.27. The predicted molar refractivity (Wildman–Crippen MR) is 120 cm³/mol. The molecule has 1 heterocycles. The molecule has 2 aromatic rings. The highest BCUT2D eigenvalue weighted by atomic mass is 35.5. The van der Waals surface area contributed by atoms with Crippen LogP contribution in [0.4, 0.5) is 0 Å². The number of nitrogens with zero attached hydrogens (tertiary/aromatic N) is 1. The SMILES string of the molecule is CCCCCOc1ccc(C(=O)N(Cc2cccc(Cl)c2)[C@H]2CCS(=O)(=O)C2)cc1. The molecule has 162 valence electrons. The Labute approximate surface area is 183 Å². The fraction of sp³-hybridized carbons (Fsp3) is 0.435. The van der Waals surface area contributed by atoms with Crippen molar-refractivity contribution in [1.29, 1.82) is 0 Å². The summed E-state index contributed by atoms with van der Waals surface area (Å²) in [7, 11) is -3.12. The molecule has 1 fully saturated rings. The summed E-state index contributed by atoms with van der Waals surface area (Å²) in [5.74, 6) is 0.654. The Bertz CT molecular complexity index is 959. The third kappa shape index (κ3) is 6.22. The molecule has 0 spiro atoms. The van der Waals surface area contributed by atoms with E-state index in [0.29, 0.717) is 30.2 Å². The summed E-state index contributed by atoms with van der Waals surface area (Å²) >= 11 is 6.10. The van der Waals surface area contributed by atoms with E-state index in [1.807, 2.05) is 12.1 Å². The van der Waals surface area contributed by atoms with Gasteiger partial charge in [0, 0.05) is 23.2 Å². The molecule has 5 nitrogen and oxygen atoms in total. The molecule has 1 atom stereocenters. The number of rotatable bonds is 9. The first-order valence-electron chi connectivity index (χ1n) is 10.4. The fourth-order valence-electron chi connectivity index (χ4n) is 3.62. The lowest BCUT2D eigenvalue weighted by atomic mass is 10.1.